The number of rotatable bonds is 5. The number of hydrogen-bond acceptors (Lipinski definition) is 3. The Bertz CT molecular complexity index is 444. The van der Waals surface area contributed by atoms with Gasteiger partial charge in [-0.3, -0.25) is 4.90 Å². The SMILES string of the molecule is CCN1CCOC(C(Cc2ccc(Cl)cc2F)NC)C1. The van der Waals surface area contributed by atoms with E-state index in [1.54, 1.807) is 12.1 Å². The third-order valence-electron chi connectivity index (χ3n) is 3.90. The molecular formula is C15H22ClFN2O. The van der Waals surface area contributed by atoms with Gasteiger partial charge >= 0.3 is 0 Å². The molecule has 0 amide bonds. The lowest BCUT2D eigenvalue weighted by molar-refractivity contribution is -0.0437. The molecule has 1 fully saturated rings. The van der Waals surface area contributed by atoms with E-state index in [4.69, 9.17) is 16.3 Å². The zero-order chi connectivity index (χ0) is 14.5. The van der Waals surface area contributed by atoms with Crippen molar-refractivity contribution in [3.05, 3.63) is 34.6 Å². The number of morpholine rings is 1. The predicted octanol–water partition coefficient (Wildman–Crippen LogP) is 2.33. The van der Waals surface area contributed by atoms with E-state index in [2.05, 4.69) is 17.1 Å². The number of likely N-dealkylation sites (N-methyl/N-ethyl adjacent to an activating group) is 2. The van der Waals surface area contributed by atoms with Gasteiger partial charge in [0.15, 0.2) is 0 Å². The molecule has 0 bridgehead atoms. The van der Waals surface area contributed by atoms with Crippen LogP contribution in [0.25, 0.3) is 0 Å². The molecular weight excluding hydrogens is 279 g/mol. The van der Waals surface area contributed by atoms with Gasteiger partial charge in [-0.25, -0.2) is 4.39 Å². The van der Waals surface area contributed by atoms with Gasteiger partial charge in [0.2, 0.25) is 0 Å². The number of nitrogens with one attached hydrogen (secondary N) is 1. The zero-order valence-corrected chi connectivity index (χ0v) is 12.8. The Hall–Kier alpha value is -0.680. The number of benzene rings is 1. The van der Waals surface area contributed by atoms with Crippen molar-refractivity contribution in [2.75, 3.05) is 33.3 Å². The molecule has 1 aromatic rings. The number of nitrogens with zero attached hydrogens (tertiary/aromatic N) is 1. The maximum absolute atomic E-state index is 13.9. The highest BCUT2D eigenvalue weighted by molar-refractivity contribution is 6.30. The fraction of sp³-hybridized carbons (Fsp3) is 0.600. The lowest BCUT2D eigenvalue weighted by Crippen LogP contribution is -2.52. The van der Waals surface area contributed by atoms with Crippen LogP contribution in [-0.2, 0) is 11.2 Å². The molecule has 0 radical (unpaired) electrons. The lowest BCUT2D eigenvalue weighted by atomic mass is 9.99. The molecule has 5 heteroatoms. The highest BCUT2D eigenvalue weighted by Crippen LogP contribution is 2.18. The topological polar surface area (TPSA) is 24.5 Å². The van der Waals surface area contributed by atoms with E-state index in [1.165, 1.54) is 6.07 Å². The molecule has 1 heterocycles. The Balaban J connectivity index is 2.04. The minimum Gasteiger partial charge on any atom is -0.374 e. The van der Waals surface area contributed by atoms with E-state index >= 15 is 0 Å². The van der Waals surface area contributed by atoms with Crippen LogP contribution in [0.2, 0.25) is 5.02 Å². The van der Waals surface area contributed by atoms with Crippen LogP contribution in [0.1, 0.15) is 12.5 Å². The molecule has 3 nitrogen and oxygen atoms in total. The minimum absolute atomic E-state index is 0.0868. The summed E-state index contributed by atoms with van der Waals surface area (Å²) in [7, 11) is 1.90. The average Bonchev–Trinajstić information content (AvgIpc) is 2.46. The molecule has 1 saturated heterocycles. The summed E-state index contributed by atoms with van der Waals surface area (Å²) in [6.07, 6.45) is 0.686. The van der Waals surface area contributed by atoms with E-state index in [0.717, 1.165) is 26.2 Å². The monoisotopic (exact) mass is 300 g/mol. The van der Waals surface area contributed by atoms with Gasteiger partial charge in [0.1, 0.15) is 5.82 Å². The molecule has 2 atom stereocenters. The zero-order valence-electron chi connectivity index (χ0n) is 12.0. The van der Waals surface area contributed by atoms with E-state index in [9.17, 15) is 4.39 Å². The molecule has 2 unspecified atom stereocenters. The normalized spacial score (nSPS) is 21.9. The van der Waals surface area contributed by atoms with Crippen LogP contribution in [0, 0.1) is 5.82 Å². The minimum atomic E-state index is -0.249. The first-order valence-electron chi connectivity index (χ1n) is 7.09. The summed E-state index contributed by atoms with van der Waals surface area (Å²) in [6.45, 7) is 5.76. The summed E-state index contributed by atoms with van der Waals surface area (Å²) in [4.78, 5) is 2.36. The summed E-state index contributed by atoms with van der Waals surface area (Å²) in [5, 5.41) is 3.68. The Morgan fingerprint density at radius 1 is 1.55 bits per heavy atom. The Labute approximate surface area is 125 Å². The molecule has 112 valence electrons. The fourth-order valence-corrected chi connectivity index (χ4v) is 2.76. The molecule has 1 aliphatic rings. The second-order valence-corrected chi connectivity index (χ2v) is 5.57. The first-order chi connectivity index (χ1) is 9.63. The quantitative estimate of drug-likeness (QED) is 0.903. The second-order valence-electron chi connectivity index (χ2n) is 5.14. The molecule has 20 heavy (non-hydrogen) atoms. The van der Waals surface area contributed by atoms with Crippen LogP contribution in [0.4, 0.5) is 4.39 Å². The van der Waals surface area contributed by atoms with Gasteiger partial charge in [-0.2, -0.15) is 0 Å². The third-order valence-corrected chi connectivity index (χ3v) is 4.13. The lowest BCUT2D eigenvalue weighted by Gasteiger charge is -2.36. The second kappa shape index (κ2) is 7.36. The van der Waals surface area contributed by atoms with Gasteiger partial charge in [0.25, 0.3) is 0 Å². The Kier molecular flexibility index (Phi) is 5.78. The highest BCUT2D eigenvalue weighted by Gasteiger charge is 2.27. The summed E-state index contributed by atoms with van der Waals surface area (Å²) in [5.74, 6) is -0.249. The summed E-state index contributed by atoms with van der Waals surface area (Å²) < 4.78 is 19.7. The van der Waals surface area contributed by atoms with Crippen LogP contribution in [-0.4, -0.2) is 50.3 Å². The van der Waals surface area contributed by atoms with Gasteiger partial charge < -0.3 is 10.1 Å². The maximum atomic E-state index is 13.9. The first kappa shape index (κ1) is 15.7. The van der Waals surface area contributed by atoms with E-state index in [0.29, 0.717) is 17.0 Å². The smallest absolute Gasteiger partial charge is 0.127 e. The molecule has 1 N–H and O–H groups in total. The van der Waals surface area contributed by atoms with Crippen LogP contribution < -0.4 is 5.32 Å². The van der Waals surface area contributed by atoms with Crippen LogP contribution in [0.3, 0.4) is 0 Å². The molecule has 0 aliphatic carbocycles. The van der Waals surface area contributed by atoms with Crippen molar-refractivity contribution in [3.63, 3.8) is 0 Å². The van der Waals surface area contributed by atoms with E-state index in [-0.39, 0.29) is 18.0 Å². The summed E-state index contributed by atoms with van der Waals surface area (Å²) >= 11 is 5.79. The van der Waals surface area contributed by atoms with Gasteiger partial charge in [-0.1, -0.05) is 24.6 Å². The maximum Gasteiger partial charge on any atom is 0.127 e. The van der Waals surface area contributed by atoms with Crippen molar-refractivity contribution in [2.45, 2.75) is 25.5 Å². The van der Waals surface area contributed by atoms with Crippen molar-refractivity contribution in [2.24, 2.45) is 0 Å². The van der Waals surface area contributed by atoms with Crippen LogP contribution >= 0.6 is 11.6 Å². The standard InChI is InChI=1S/C15H22ClFN2O/c1-3-19-6-7-20-15(10-19)14(18-2)8-11-4-5-12(16)9-13(11)17/h4-5,9,14-15,18H,3,6-8,10H2,1-2H3. The fourth-order valence-electron chi connectivity index (χ4n) is 2.61. The number of hydrogen-bond donors (Lipinski definition) is 1. The van der Waals surface area contributed by atoms with Crippen molar-refractivity contribution in [1.29, 1.82) is 0 Å². The van der Waals surface area contributed by atoms with Gasteiger partial charge in [0, 0.05) is 24.2 Å². The molecule has 0 saturated carbocycles. The molecule has 0 aromatic heterocycles. The van der Waals surface area contributed by atoms with Crippen molar-refractivity contribution >= 4 is 11.6 Å². The van der Waals surface area contributed by atoms with E-state index < -0.39 is 0 Å². The number of ether oxygens (including phenoxy) is 1. The van der Waals surface area contributed by atoms with Gasteiger partial charge in [-0.05, 0) is 37.7 Å². The Morgan fingerprint density at radius 3 is 3.00 bits per heavy atom. The first-order valence-corrected chi connectivity index (χ1v) is 7.47. The van der Waals surface area contributed by atoms with Crippen molar-refractivity contribution in [3.8, 4) is 0 Å². The van der Waals surface area contributed by atoms with Crippen LogP contribution in [0.15, 0.2) is 18.2 Å². The van der Waals surface area contributed by atoms with E-state index in [1.807, 2.05) is 7.05 Å². The van der Waals surface area contributed by atoms with Gasteiger partial charge in [0.05, 0.1) is 12.7 Å². The number of halogens is 2. The predicted molar refractivity (Wildman–Crippen MR) is 79.8 cm³/mol. The third kappa shape index (κ3) is 3.92. The molecule has 1 aliphatic heterocycles. The summed E-state index contributed by atoms with van der Waals surface area (Å²) in [6, 6.07) is 4.94. The highest BCUT2D eigenvalue weighted by atomic mass is 35.5. The van der Waals surface area contributed by atoms with Crippen molar-refractivity contribution in [1.82, 2.24) is 10.2 Å². The largest absolute Gasteiger partial charge is 0.374 e. The average molecular weight is 301 g/mol. The molecule has 1 aromatic carbocycles. The Morgan fingerprint density at radius 2 is 2.35 bits per heavy atom. The summed E-state index contributed by atoms with van der Waals surface area (Å²) in [5.41, 5.74) is 0.672. The molecule has 2 rings (SSSR count). The van der Waals surface area contributed by atoms with Crippen molar-refractivity contribution < 1.29 is 9.13 Å². The van der Waals surface area contributed by atoms with Gasteiger partial charge in [-0.15, -0.1) is 0 Å². The molecule has 0 spiro atoms. The van der Waals surface area contributed by atoms with Crippen LogP contribution in [0.5, 0.6) is 0 Å².